The summed E-state index contributed by atoms with van der Waals surface area (Å²) in [6, 6.07) is 17.0. The number of aromatic nitrogens is 2. The Bertz CT molecular complexity index is 1120. The molecule has 4 N–H and O–H groups in total. The Labute approximate surface area is 204 Å². The Morgan fingerprint density at radius 2 is 1.50 bits per heavy atom. The van der Waals surface area contributed by atoms with Gasteiger partial charge in [-0.2, -0.15) is 0 Å². The van der Waals surface area contributed by atoms with Crippen molar-refractivity contribution in [2.24, 2.45) is 0 Å². The molecule has 0 saturated carbocycles. The van der Waals surface area contributed by atoms with Gasteiger partial charge < -0.3 is 21.3 Å². The average Bonchev–Trinajstić information content (AvgIpc) is 2.80. The van der Waals surface area contributed by atoms with Crippen molar-refractivity contribution in [3.05, 3.63) is 70.7 Å². The number of carbonyl (C=O) groups excluding carboxylic acids is 2. The highest BCUT2D eigenvalue weighted by atomic mass is 35.5. The summed E-state index contributed by atoms with van der Waals surface area (Å²) in [5.74, 6) is 1.66. The van der Waals surface area contributed by atoms with Gasteiger partial charge in [0.1, 0.15) is 11.6 Å². The summed E-state index contributed by atoms with van der Waals surface area (Å²) >= 11 is 6.01. The molecule has 178 valence electrons. The van der Waals surface area contributed by atoms with E-state index < -0.39 is 0 Å². The Morgan fingerprint density at radius 1 is 0.853 bits per heavy atom. The van der Waals surface area contributed by atoms with Crippen molar-refractivity contribution in [3.8, 4) is 11.4 Å². The molecule has 0 aliphatic rings. The Hall–Kier alpha value is -3.65. The zero-order valence-electron chi connectivity index (χ0n) is 19.3. The highest BCUT2D eigenvalue weighted by molar-refractivity contribution is 6.30. The third kappa shape index (κ3) is 8.37. The fourth-order valence-electron chi connectivity index (χ4n) is 3.25. The van der Waals surface area contributed by atoms with Crippen molar-refractivity contribution < 1.29 is 9.59 Å². The number of anilines is 2. The van der Waals surface area contributed by atoms with Gasteiger partial charge in [0.2, 0.25) is 11.8 Å². The predicted octanol–water partition coefficient (Wildman–Crippen LogP) is 3.42. The lowest BCUT2D eigenvalue weighted by atomic mass is 10.1. The fraction of sp³-hybridized carbons (Fsp3) is 0.280. The molecule has 0 spiro atoms. The molecule has 2 amide bonds. The van der Waals surface area contributed by atoms with Crippen LogP contribution in [0.4, 0.5) is 11.6 Å². The molecule has 34 heavy (non-hydrogen) atoms. The van der Waals surface area contributed by atoms with Crippen molar-refractivity contribution in [2.75, 3.05) is 36.8 Å². The van der Waals surface area contributed by atoms with E-state index in [9.17, 15) is 9.59 Å². The first-order chi connectivity index (χ1) is 16.4. The van der Waals surface area contributed by atoms with Gasteiger partial charge in [-0.25, -0.2) is 9.97 Å². The van der Waals surface area contributed by atoms with Crippen molar-refractivity contribution >= 4 is 35.1 Å². The second-order valence-electron chi connectivity index (χ2n) is 7.82. The molecule has 0 aliphatic heterocycles. The molecule has 2 aromatic carbocycles. The maximum absolute atomic E-state index is 12.2. The zero-order valence-corrected chi connectivity index (χ0v) is 20.1. The largest absolute Gasteiger partial charge is 0.368 e. The molecule has 0 atom stereocenters. The van der Waals surface area contributed by atoms with Gasteiger partial charge in [-0.05, 0) is 36.8 Å². The van der Waals surface area contributed by atoms with Crippen molar-refractivity contribution in [1.82, 2.24) is 20.6 Å². The quantitative estimate of drug-likeness (QED) is 0.313. The van der Waals surface area contributed by atoms with Crippen LogP contribution in [0.5, 0.6) is 0 Å². The number of rotatable bonds is 11. The van der Waals surface area contributed by atoms with E-state index in [2.05, 4.69) is 31.2 Å². The second-order valence-corrected chi connectivity index (χ2v) is 8.26. The van der Waals surface area contributed by atoms with Crippen LogP contribution < -0.4 is 21.3 Å². The van der Waals surface area contributed by atoms with E-state index in [4.69, 9.17) is 11.6 Å². The SMILES string of the molecule is CC(=O)NCCNc1cc(NCCNC(=O)Cc2cccc(C)c2)nc(-c2ccc(Cl)cc2)n1. The summed E-state index contributed by atoms with van der Waals surface area (Å²) in [6.45, 7) is 5.44. The van der Waals surface area contributed by atoms with Crippen LogP contribution in [0, 0.1) is 6.92 Å². The van der Waals surface area contributed by atoms with Gasteiger partial charge in [0, 0.05) is 49.8 Å². The molecule has 0 bridgehead atoms. The molecule has 1 heterocycles. The van der Waals surface area contributed by atoms with Gasteiger partial charge in [0.05, 0.1) is 6.42 Å². The molecule has 8 nitrogen and oxygen atoms in total. The Balaban J connectivity index is 1.59. The van der Waals surface area contributed by atoms with E-state index in [-0.39, 0.29) is 11.8 Å². The van der Waals surface area contributed by atoms with E-state index in [1.54, 1.807) is 18.2 Å². The molecule has 0 fully saturated rings. The van der Waals surface area contributed by atoms with E-state index >= 15 is 0 Å². The monoisotopic (exact) mass is 480 g/mol. The summed E-state index contributed by atoms with van der Waals surface area (Å²) in [6.07, 6.45) is 0.346. The van der Waals surface area contributed by atoms with Gasteiger partial charge in [-0.15, -0.1) is 0 Å². The molecule has 0 unspecified atom stereocenters. The van der Waals surface area contributed by atoms with Crippen LogP contribution in [0.15, 0.2) is 54.6 Å². The molecule has 3 aromatic rings. The highest BCUT2D eigenvalue weighted by Gasteiger charge is 2.08. The van der Waals surface area contributed by atoms with Gasteiger partial charge in [-0.1, -0.05) is 41.4 Å². The molecule has 3 rings (SSSR count). The number of hydrogen-bond donors (Lipinski definition) is 4. The van der Waals surface area contributed by atoms with E-state index in [0.717, 1.165) is 16.7 Å². The molecule has 0 radical (unpaired) electrons. The maximum Gasteiger partial charge on any atom is 0.224 e. The summed E-state index contributed by atoms with van der Waals surface area (Å²) < 4.78 is 0. The van der Waals surface area contributed by atoms with Crippen molar-refractivity contribution in [1.29, 1.82) is 0 Å². The second kappa shape index (κ2) is 12.6. The molecule has 0 aliphatic carbocycles. The van der Waals surface area contributed by atoms with Crippen LogP contribution in [0.25, 0.3) is 11.4 Å². The fourth-order valence-corrected chi connectivity index (χ4v) is 3.37. The van der Waals surface area contributed by atoms with E-state index in [0.29, 0.717) is 55.1 Å². The van der Waals surface area contributed by atoms with E-state index in [1.807, 2.05) is 43.3 Å². The topological polar surface area (TPSA) is 108 Å². The lowest BCUT2D eigenvalue weighted by molar-refractivity contribution is -0.120. The summed E-state index contributed by atoms with van der Waals surface area (Å²) in [7, 11) is 0. The van der Waals surface area contributed by atoms with Crippen molar-refractivity contribution in [3.63, 3.8) is 0 Å². The first kappa shape index (κ1) is 25.0. The number of nitrogens with zero attached hydrogens (tertiary/aromatic N) is 2. The van der Waals surface area contributed by atoms with Crippen molar-refractivity contribution in [2.45, 2.75) is 20.3 Å². The number of nitrogens with one attached hydrogen (secondary N) is 4. The van der Waals surface area contributed by atoms with Gasteiger partial charge in [-0.3, -0.25) is 9.59 Å². The van der Waals surface area contributed by atoms with Crippen LogP contribution in [0.1, 0.15) is 18.1 Å². The predicted molar refractivity (Wildman–Crippen MR) is 136 cm³/mol. The van der Waals surface area contributed by atoms with Crippen LogP contribution in [0.2, 0.25) is 5.02 Å². The number of carbonyl (C=O) groups is 2. The number of halogens is 1. The Kier molecular flexibility index (Phi) is 9.22. The standard InChI is InChI=1S/C25H29ClN6O2/c1-17-4-3-5-19(14-17)15-24(34)30-13-12-29-23-16-22(28-11-10-27-18(2)33)31-25(32-23)20-6-8-21(26)9-7-20/h3-9,14,16H,10-13,15H2,1-2H3,(H,27,33)(H,30,34)(H2,28,29,31,32). The summed E-state index contributed by atoms with van der Waals surface area (Å²) in [4.78, 5) is 32.5. The minimum absolute atomic E-state index is 0.0303. The van der Waals surface area contributed by atoms with Gasteiger partial charge in [0.25, 0.3) is 0 Å². The number of hydrogen-bond acceptors (Lipinski definition) is 6. The van der Waals surface area contributed by atoms with Gasteiger partial charge >= 0.3 is 0 Å². The molecule has 0 saturated heterocycles. The van der Waals surface area contributed by atoms with Crippen LogP contribution in [-0.2, 0) is 16.0 Å². The third-order valence-electron chi connectivity index (χ3n) is 4.83. The zero-order chi connectivity index (χ0) is 24.3. The van der Waals surface area contributed by atoms with E-state index in [1.165, 1.54) is 6.92 Å². The van der Waals surface area contributed by atoms with Crippen LogP contribution in [0.3, 0.4) is 0 Å². The molecular formula is C25H29ClN6O2. The lowest BCUT2D eigenvalue weighted by Crippen LogP contribution is -2.30. The summed E-state index contributed by atoms with van der Waals surface area (Å²) in [5.41, 5.74) is 2.95. The minimum Gasteiger partial charge on any atom is -0.368 e. The molecule has 1 aromatic heterocycles. The minimum atomic E-state index is -0.0851. The summed E-state index contributed by atoms with van der Waals surface area (Å²) in [5, 5.41) is 12.7. The van der Waals surface area contributed by atoms with Gasteiger partial charge in [0.15, 0.2) is 5.82 Å². The highest BCUT2D eigenvalue weighted by Crippen LogP contribution is 2.22. The number of amides is 2. The normalized spacial score (nSPS) is 10.4. The third-order valence-corrected chi connectivity index (χ3v) is 5.09. The Morgan fingerprint density at radius 3 is 2.12 bits per heavy atom. The molecular weight excluding hydrogens is 452 g/mol. The maximum atomic E-state index is 12.2. The first-order valence-corrected chi connectivity index (χ1v) is 11.5. The number of benzene rings is 2. The average molecular weight is 481 g/mol. The number of aryl methyl sites for hydroxylation is 1. The smallest absolute Gasteiger partial charge is 0.224 e. The lowest BCUT2D eigenvalue weighted by Gasteiger charge is -2.12. The van der Waals surface area contributed by atoms with Crippen LogP contribution in [-0.4, -0.2) is 48.0 Å². The van der Waals surface area contributed by atoms with Crippen LogP contribution >= 0.6 is 11.6 Å². The first-order valence-electron chi connectivity index (χ1n) is 11.1. The molecule has 9 heteroatoms.